The molecule has 2 aliphatic rings. The maximum atomic E-state index is 13.3. The van der Waals surface area contributed by atoms with Crippen LogP contribution in [0.5, 0.6) is 11.5 Å². The number of nitrogens with two attached hydrogens (primary N) is 1. The van der Waals surface area contributed by atoms with Crippen LogP contribution in [0.1, 0.15) is 71.8 Å². The number of carbonyl (C=O) groups is 1. The number of hydrogen-bond donors (Lipinski definition) is 3. The largest absolute Gasteiger partial charge is 0.493 e. The van der Waals surface area contributed by atoms with Crippen molar-refractivity contribution in [1.82, 2.24) is 5.32 Å². The molecule has 5 atom stereocenters. The van der Waals surface area contributed by atoms with Gasteiger partial charge >= 0.3 is 0 Å². The van der Waals surface area contributed by atoms with Gasteiger partial charge in [0.15, 0.2) is 11.5 Å². The molecule has 3 rings (SSSR count). The van der Waals surface area contributed by atoms with Gasteiger partial charge < -0.3 is 35.1 Å². The summed E-state index contributed by atoms with van der Waals surface area (Å²) >= 11 is 0. The Labute approximate surface area is 241 Å². The van der Waals surface area contributed by atoms with Gasteiger partial charge in [-0.2, -0.15) is 0 Å². The molecule has 3 unspecified atom stereocenters. The highest BCUT2D eigenvalue weighted by molar-refractivity contribution is 5.79. The second-order valence-corrected chi connectivity index (χ2v) is 12.7. The topological polar surface area (TPSA) is 112 Å². The molecule has 0 aromatic heterocycles. The summed E-state index contributed by atoms with van der Waals surface area (Å²) in [7, 11) is 3.33. The summed E-state index contributed by atoms with van der Waals surface area (Å²) in [6.07, 6.45) is 5.00. The molecule has 1 amide bonds. The maximum Gasteiger partial charge on any atom is 0.223 e. The monoisotopic (exact) mass is 562 g/mol. The van der Waals surface area contributed by atoms with Gasteiger partial charge in [0.1, 0.15) is 0 Å². The molecular weight excluding hydrogens is 508 g/mol. The standard InChI is InChI=1S/C32H54N2O6/c1-21(2)24(16-23-8-9-28(38-6)29(17-23)40-13-7-12-37-5)18-26(33)27(35)19-25(22(3)4)31(36)34-30-20-32(30)10-14-39-15-11-32/h8-9,17,21-22,24-27,30,35H,7,10-16,18-20,33H2,1-6H3,(H,34,36)/t24?,25?,26-,27?,30-/m0/s1. The predicted octanol–water partition coefficient (Wildman–Crippen LogP) is 4.35. The smallest absolute Gasteiger partial charge is 0.223 e. The van der Waals surface area contributed by atoms with Crippen molar-refractivity contribution in [3.05, 3.63) is 23.8 Å². The Morgan fingerprint density at radius 1 is 1.10 bits per heavy atom. The molecule has 4 N–H and O–H groups in total. The maximum absolute atomic E-state index is 13.3. The van der Waals surface area contributed by atoms with Crippen LogP contribution in [0.25, 0.3) is 0 Å². The number of aliphatic hydroxyl groups excluding tert-OH is 1. The molecule has 1 aliphatic carbocycles. The van der Waals surface area contributed by atoms with Crippen LogP contribution in [-0.2, 0) is 20.7 Å². The fourth-order valence-electron chi connectivity index (χ4n) is 6.02. The summed E-state index contributed by atoms with van der Waals surface area (Å²) in [5.74, 6) is 1.98. The van der Waals surface area contributed by atoms with E-state index >= 15 is 0 Å². The minimum absolute atomic E-state index is 0.0475. The van der Waals surface area contributed by atoms with Gasteiger partial charge in [-0.25, -0.2) is 0 Å². The zero-order chi connectivity index (χ0) is 29.3. The number of amides is 1. The van der Waals surface area contributed by atoms with Gasteiger partial charge in [-0.1, -0.05) is 33.8 Å². The average Bonchev–Trinajstić information content (AvgIpc) is 3.58. The number of aliphatic hydroxyl groups is 1. The predicted molar refractivity (Wildman–Crippen MR) is 158 cm³/mol. The van der Waals surface area contributed by atoms with Crippen LogP contribution >= 0.6 is 0 Å². The molecule has 1 saturated heterocycles. The van der Waals surface area contributed by atoms with Crippen LogP contribution < -0.4 is 20.5 Å². The van der Waals surface area contributed by atoms with Crippen molar-refractivity contribution in [2.45, 2.75) is 90.8 Å². The highest BCUT2D eigenvalue weighted by Gasteiger charge is 2.55. The van der Waals surface area contributed by atoms with E-state index in [1.54, 1.807) is 14.2 Å². The zero-order valence-electron chi connectivity index (χ0n) is 25.6. The van der Waals surface area contributed by atoms with E-state index in [-0.39, 0.29) is 35.1 Å². The zero-order valence-corrected chi connectivity index (χ0v) is 25.6. The van der Waals surface area contributed by atoms with Gasteiger partial charge in [0.05, 0.1) is 19.8 Å². The lowest BCUT2D eigenvalue weighted by molar-refractivity contribution is -0.128. The Morgan fingerprint density at radius 2 is 1.82 bits per heavy atom. The van der Waals surface area contributed by atoms with Crippen molar-refractivity contribution in [2.75, 3.05) is 40.6 Å². The Morgan fingerprint density at radius 3 is 2.45 bits per heavy atom. The van der Waals surface area contributed by atoms with Gasteiger partial charge in [0.25, 0.3) is 0 Å². The molecule has 1 spiro atoms. The van der Waals surface area contributed by atoms with E-state index in [4.69, 9.17) is 24.7 Å². The van der Waals surface area contributed by atoms with E-state index < -0.39 is 12.1 Å². The Hall–Kier alpha value is -1.87. The summed E-state index contributed by atoms with van der Waals surface area (Å²) < 4.78 is 22.1. The third-order valence-corrected chi connectivity index (χ3v) is 9.12. The molecule has 1 heterocycles. The molecule has 1 saturated carbocycles. The average molecular weight is 563 g/mol. The number of carbonyl (C=O) groups excluding carboxylic acids is 1. The lowest BCUT2D eigenvalue weighted by atomic mass is 9.80. The number of nitrogens with one attached hydrogen (secondary N) is 1. The number of methoxy groups -OCH3 is 2. The first-order valence-corrected chi connectivity index (χ1v) is 15.2. The molecule has 0 bridgehead atoms. The fraction of sp³-hybridized carbons (Fsp3) is 0.781. The van der Waals surface area contributed by atoms with Gasteiger partial charge in [-0.15, -0.1) is 0 Å². The molecule has 1 aliphatic heterocycles. The first-order chi connectivity index (χ1) is 19.1. The summed E-state index contributed by atoms with van der Waals surface area (Å²) in [5, 5.41) is 14.5. The van der Waals surface area contributed by atoms with Gasteiger partial charge in [0, 0.05) is 51.4 Å². The second-order valence-electron chi connectivity index (χ2n) is 12.7. The SMILES string of the molecule is COCCCOc1cc(CC(C[C@H](N)C(O)CC(C(=O)N[C@H]2CC23CCOCC3)C(C)C)C(C)C)ccc1OC. The van der Waals surface area contributed by atoms with Crippen LogP contribution in [0, 0.1) is 29.1 Å². The third kappa shape index (κ3) is 9.07. The lowest BCUT2D eigenvalue weighted by Gasteiger charge is -2.30. The summed E-state index contributed by atoms with van der Waals surface area (Å²) in [5.41, 5.74) is 7.98. The van der Waals surface area contributed by atoms with Crippen LogP contribution in [-0.4, -0.2) is 69.8 Å². The summed E-state index contributed by atoms with van der Waals surface area (Å²) in [4.78, 5) is 13.3. The Balaban J connectivity index is 1.57. The molecule has 40 heavy (non-hydrogen) atoms. The Kier molecular flexibility index (Phi) is 12.6. The highest BCUT2D eigenvalue weighted by Crippen LogP contribution is 2.53. The molecule has 0 radical (unpaired) electrons. The number of hydrogen-bond acceptors (Lipinski definition) is 7. The molecule has 1 aromatic carbocycles. The highest BCUT2D eigenvalue weighted by atomic mass is 16.5. The summed E-state index contributed by atoms with van der Waals surface area (Å²) in [6, 6.07) is 5.89. The third-order valence-electron chi connectivity index (χ3n) is 9.12. The quantitative estimate of drug-likeness (QED) is 0.242. The van der Waals surface area contributed by atoms with Crippen LogP contribution in [0.4, 0.5) is 0 Å². The minimum atomic E-state index is -0.744. The summed E-state index contributed by atoms with van der Waals surface area (Å²) in [6.45, 7) is 11.3. The van der Waals surface area contributed by atoms with Crippen LogP contribution in [0.3, 0.4) is 0 Å². The van der Waals surface area contributed by atoms with E-state index in [0.29, 0.717) is 37.7 Å². The van der Waals surface area contributed by atoms with Crippen molar-refractivity contribution in [1.29, 1.82) is 0 Å². The van der Waals surface area contributed by atoms with E-state index in [9.17, 15) is 9.90 Å². The van der Waals surface area contributed by atoms with E-state index in [1.165, 1.54) is 0 Å². The van der Waals surface area contributed by atoms with E-state index in [2.05, 4.69) is 39.1 Å². The van der Waals surface area contributed by atoms with Crippen molar-refractivity contribution >= 4 is 5.91 Å². The molecule has 8 heteroatoms. The van der Waals surface area contributed by atoms with Gasteiger partial charge in [-0.3, -0.25) is 4.79 Å². The first kappa shape index (κ1) is 32.6. The molecule has 228 valence electrons. The van der Waals surface area contributed by atoms with Gasteiger partial charge in [-0.05, 0) is 79.4 Å². The van der Waals surface area contributed by atoms with E-state index in [1.807, 2.05) is 12.1 Å². The second kappa shape index (κ2) is 15.4. The Bertz CT molecular complexity index is 917. The van der Waals surface area contributed by atoms with Crippen molar-refractivity contribution < 1.29 is 28.8 Å². The fourth-order valence-corrected chi connectivity index (χ4v) is 6.02. The lowest BCUT2D eigenvalue weighted by Crippen LogP contribution is -2.44. The molecule has 8 nitrogen and oxygen atoms in total. The minimum Gasteiger partial charge on any atom is -0.493 e. The molecular formula is C32H54N2O6. The van der Waals surface area contributed by atoms with Gasteiger partial charge in [0.2, 0.25) is 5.91 Å². The van der Waals surface area contributed by atoms with Crippen molar-refractivity contribution in [3.63, 3.8) is 0 Å². The number of rotatable bonds is 17. The molecule has 2 fully saturated rings. The van der Waals surface area contributed by atoms with Crippen LogP contribution in [0.15, 0.2) is 18.2 Å². The normalized spacial score (nSPS) is 21.2. The van der Waals surface area contributed by atoms with Crippen molar-refractivity contribution in [3.8, 4) is 11.5 Å². The first-order valence-electron chi connectivity index (χ1n) is 15.2. The number of ether oxygens (including phenoxy) is 4. The number of benzene rings is 1. The van der Waals surface area contributed by atoms with Crippen LogP contribution in [0.2, 0.25) is 0 Å². The van der Waals surface area contributed by atoms with E-state index in [0.717, 1.165) is 56.6 Å². The molecule has 1 aromatic rings. The van der Waals surface area contributed by atoms with Crippen molar-refractivity contribution in [2.24, 2.45) is 34.8 Å².